The molecule has 0 fully saturated rings. The zero-order valence-electron chi connectivity index (χ0n) is 11.0. The smallest absolute Gasteiger partial charge is 0.167 e. The molecule has 0 saturated carbocycles. The van der Waals surface area contributed by atoms with Gasteiger partial charge in [-0.1, -0.05) is 6.42 Å². The van der Waals surface area contributed by atoms with Crippen molar-refractivity contribution in [2.24, 2.45) is 0 Å². The van der Waals surface area contributed by atoms with Gasteiger partial charge in [-0.2, -0.15) is 0 Å². The van der Waals surface area contributed by atoms with Gasteiger partial charge in [0.15, 0.2) is 5.82 Å². The molecule has 2 aromatic rings. The molecule has 1 aromatic carbocycles. The Kier molecular flexibility index (Phi) is 3.19. The minimum Gasteiger partial charge on any atom is -0.388 e. The van der Waals surface area contributed by atoms with Gasteiger partial charge in [0, 0.05) is 25.7 Å². The zero-order valence-corrected chi connectivity index (χ0v) is 11.0. The van der Waals surface area contributed by atoms with Gasteiger partial charge >= 0.3 is 0 Å². The largest absolute Gasteiger partial charge is 0.388 e. The van der Waals surface area contributed by atoms with Crippen molar-refractivity contribution >= 4 is 5.69 Å². The topological polar surface area (TPSA) is 42.7 Å². The highest BCUT2D eigenvalue weighted by atomic mass is 19.1. The number of benzene rings is 1. The molecule has 19 heavy (non-hydrogen) atoms. The Morgan fingerprint density at radius 3 is 2.95 bits per heavy atom. The van der Waals surface area contributed by atoms with Gasteiger partial charge in [-0.15, -0.1) is 10.2 Å². The minimum absolute atomic E-state index is 0.251. The van der Waals surface area contributed by atoms with E-state index < -0.39 is 0 Å². The molecule has 1 N–H and O–H groups in total. The highest BCUT2D eigenvalue weighted by Crippen LogP contribution is 2.27. The summed E-state index contributed by atoms with van der Waals surface area (Å²) in [5.74, 6) is 1.37. The fourth-order valence-electron chi connectivity index (χ4n) is 2.54. The van der Waals surface area contributed by atoms with Crippen LogP contribution in [-0.4, -0.2) is 21.8 Å². The van der Waals surface area contributed by atoms with Crippen molar-refractivity contribution in [2.75, 3.05) is 12.4 Å². The molecule has 1 aliphatic rings. The lowest BCUT2D eigenvalue weighted by Crippen LogP contribution is -2.04. The Labute approximate surface area is 111 Å². The lowest BCUT2D eigenvalue weighted by molar-refractivity contribution is 0.616. The van der Waals surface area contributed by atoms with E-state index in [0.717, 1.165) is 37.3 Å². The molecular formula is C14H17FN4. The molecule has 0 saturated heterocycles. The Morgan fingerprint density at radius 1 is 1.21 bits per heavy atom. The number of fused-ring (bicyclic) bond motifs is 1. The molecule has 100 valence electrons. The molecular weight excluding hydrogens is 243 g/mol. The van der Waals surface area contributed by atoms with E-state index in [-0.39, 0.29) is 5.82 Å². The molecule has 5 heteroatoms. The van der Waals surface area contributed by atoms with E-state index in [2.05, 4.69) is 20.1 Å². The van der Waals surface area contributed by atoms with Crippen LogP contribution >= 0.6 is 0 Å². The first-order valence-electron chi connectivity index (χ1n) is 6.69. The van der Waals surface area contributed by atoms with Crippen LogP contribution in [0.4, 0.5) is 10.1 Å². The van der Waals surface area contributed by atoms with Crippen molar-refractivity contribution < 1.29 is 4.39 Å². The second-order valence-corrected chi connectivity index (χ2v) is 4.85. The van der Waals surface area contributed by atoms with E-state index in [1.165, 1.54) is 12.5 Å². The summed E-state index contributed by atoms with van der Waals surface area (Å²) in [6.45, 7) is 0.876. The van der Waals surface area contributed by atoms with E-state index in [1.54, 1.807) is 12.1 Å². The van der Waals surface area contributed by atoms with E-state index in [0.29, 0.717) is 11.4 Å². The summed E-state index contributed by atoms with van der Waals surface area (Å²) in [7, 11) is 1.82. The number of anilines is 1. The SMILES string of the molecule is CNc1ccc(F)c(-c2nnc3n2CCCCC3)c1. The first-order chi connectivity index (χ1) is 9.29. The van der Waals surface area contributed by atoms with Crippen molar-refractivity contribution in [1.82, 2.24) is 14.8 Å². The molecule has 1 aliphatic heterocycles. The van der Waals surface area contributed by atoms with Crippen LogP contribution in [0.3, 0.4) is 0 Å². The second kappa shape index (κ2) is 4.99. The van der Waals surface area contributed by atoms with Gasteiger partial charge in [-0.05, 0) is 31.0 Å². The molecule has 0 aliphatic carbocycles. The summed E-state index contributed by atoms with van der Waals surface area (Å²) in [5, 5.41) is 11.4. The molecule has 1 aromatic heterocycles. The summed E-state index contributed by atoms with van der Waals surface area (Å²) < 4.78 is 16.1. The third-order valence-electron chi connectivity index (χ3n) is 3.61. The van der Waals surface area contributed by atoms with Crippen molar-refractivity contribution in [3.05, 3.63) is 29.8 Å². The average Bonchev–Trinajstić information content (AvgIpc) is 2.68. The summed E-state index contributed by atoms with van der Waals surface area (Å²) in [6, 6.07) is 4.98. The van der Waals surface area contributed by atoms with E-state index in [1.807, 2.05) is 7.05 Å². The standard InChI is InChI=1S/C14H17FN4/c1-16-10-6-7-12(15)11(9-10)14-18-17-13-5-3-2-4-8-19(13)14/h6-7,9,16H,2-5,8H2,1H3. The highest BCUT2D eigenvalue weighted by Gasteiger charge is 2.18. The fourth-order valence-corrected chi connectivity index (χ4v) is 2.54. The van der Waals surface area contributed by atoms with Gasteiger partial charge in [-0.3, -0.25) is 0 Å². The summed E-state index contributed by atoms with van der Waals surface area (Å²) in [6.07, 6.45) is 4.37. The summed E-state index contributed by atoms with van der Waals surface area (Å²) >= 11 is 0. The monoisotopic (exact) mass is 260 g/mol. The van der Waals surface area contributed by atoms with E-state index in [9.17, 15) is 4.39 Å². The van der Waals surface area contributed by atoms with Gasteiger partial charge in [0.25, 0.3) is 0 Å². The number of hydrogen-bond acceptors (Lipinski definition) is 3. The second-order valence-electron chi connectivity index (χ2n) is 4.85. The quantitative estimate of drug-likeness (QED) is 0.903. The third kappa shape index (κ3) is 2.20. The van der Waals surface area contributed by atoms with Crippen molar-refractivity contribution in [1.29, 1.82) is 0 Å². The van der Waals surface area contributed by atoms with Crippen LogP contribution in [0.15, 0.2) is 18.2 Å². The zero-order chi connectivity index (χ0) is 13.2. The van der Waals surface area contributed by atoms with Gasteiger partial charge in [0.1, 0.15) is 11.6 Å². The maximum Gasteiger partial charge on any atom is 0.167 e. The lowest BCUT2D eigenvalue weighted by Gasteiger charge is -2.09. The Bertz CT molecular complexity index is 591. The van der Waals surface area contributed by atoms with Crippen LogP contribution in [-0.2, 0) is 13.0 Å². The molecule has 0 radical (unpaired) electrons. The lowest BCUT2D eigenvalue weighted by atomic mass is 10.1. The number of aromatic nitrogens is 3. The van der Waals surface area contributed by atoms with Crippen LogP contribution in [0.1, 0.15) is 25.1 Å². The normalized spacial score (nSPS) is 14.8. The van der Waals surface area contributed by atoms with Crippen LogP contribution < -0.4 is 5.32 Å². The van der Waals surface area contributed by atoms with Crippen LogP contribution in [0.5, 0.6) is 0 Å². The van der Waals surface area contributed by atoms with Crippen molar-refractivity contribution in [2.45, 2.75) is 32.2 Å². The van der Waals surface area contributed by atoms with Crippen LogP contribution in [0.2, 0.25) is 0 Å². The van der Waals surface area contributed by atoms with Crippen LogP contribution in [0, 0.1) is 5.82 Å². The minimum atomic E-state index is -0.251. The predicted octanol–water partition coefficient (Wildman–Crippen LogP) is 2.85. The molecule has 0 amide bonds. The number of aryl methyl sites for hydroxylation is 1. The number of nitrogens with zero attached hydrogens (tertiary/aromatic N) is 3. The fraction of sp³-hybridized carbons (Fsp3) is 0.429. The van der Waals surface area contributed by atoms with Gasteiger partial charge in [0.2, 0.25) is 0 Å². The molecule has 0 spiro atoms. The van der Waals surface area contributed by atoms with Gasteiger partial charge in [-0.25, -0.2) is 4.39 Å². The van der Waals surface area contributed by atoms with Crippen molar-refractivity contribution in [3.63, 3.8) is 0 Å². The molecule has 0 bridgehead atoms. The Hall–Kier alpha value is -1.91. The van der Waals surface area contributed by atoms with Gasteiger partial charge in [0.05, 0.1) is 5.56 Å². The Morgan fingerprint density at radius 2 is 2.11 bits per heavy atom. The van der Waals surface area contributed by atoms with Crippen molar-refractivity contribution in [3.8, 4) is 11.4 Å². The molecule has 0 atom stereocenters. The van der Waals surface area contributed by atoms with Gasteiger partial charge < -0.3 is 9.88 Å². The molecule has 3 rings (SSSR count). The Balaban J connectivity index is 2.09. The summed E-state index contributed by atoms with van der Waals surface area (Å²) in [4.78, 5) is 0. The maximum absolute atomic E-state index is 14.0. The average molecular weight is 260 g/mol. The number of hydrogen-bond donors (Lipinski definition) is 1. The number of rotatable bonds is 2. The molecule has 2 heterocycles. The highest BCUT2D eigenvalue weighted by molar-refractivity contribution is 5.63. The maximum atomic E-state index is 14.0. The number of nitrogens with one attached hydrogen (secondary N) is 1. The first kappa shape index (κ1) is 12.1. The first-order valence-corrected chi connectivity index (χ1v) is 6.69. The summed E-state index contributed by atoms with van der Waals surface area (Å²) in [5.41, 5.74) is 1.40. The predicted molar refractivity (Wildman–Crippen MR) is 72.5 cm³/mol. The van der Waals surface area contributed by atoms with E-state index >= 15 is 0 Å². The van der Waals surface area contributed by atoms with Crippen LogP contribution in [0.25, 0.3) is 11.4 Å². The third-order valence-corrected chi connectivity index (χ3v) is 3.61. The molecule has 4 nitrogen and oxygen atoms in total. The number of halogens is 1. The molecule has 0 unspecified atom stereocenters. The van der Waals surface area contributed by atoms with E-state index in [4.69, 9.17) is 0 Å².